The summed E-state index contributed by atoms with van der Waals surface area (Å²) in [6, 6.07) is 5.14. The molecule has 27 heavy (non-hydrogen) atoms. The van der Waals surface area contributed by atoms with Crippen molar-refractivity contribution in [2.75, 3.05) is 19.6 Å². The maximum absolute atomic E-state index is 13.6. The van der Waals surface area contributed by atoms with Crippen molar-refractivity contribution in [3.63, 3.8) is 0 Å². The first-order chi connectivity index (χ1) is 13.1. The Morgan fingerprint density at radius 3 is 3.00 bits per heavy atom. The third-order valence-electron chi connectivity index (χ3n) is 5.15. The van der Waals surface area contributed by atoms with Gasteiger partial charge in [-0.15, -0.1) is 0 Å². The van der Waals surface area contributed by atoms with Gasteiger partial charge in [-0.25, -0.2) is 14.4 Å². The molecule has 2 aromatic rings. The van der Waals surface area contributed by atoms with Crippen LogP contribution in [0, 0.1) is 11.7 Å². The number of likely N-dealkylation sites (tertiary alicyclic amines) is 1. The van der Waals surface area contributed by atoms with Crippen LogP contribution in [0.15, 0.2) is 41.9 Å². The van der Waals surface area contributed by atoms with E-state index >= 15 is 0 Å². The maximum Gasteiger partial charge on any atom is 0.194 e. The third-order valence-corrected chi connectivity index (χ3v) is 5.15. The number of rotatable bonds is 5. The molecule has 0 radical (unpaired) electrons. The first kappa shape index (κ1) is 19.4. The zero-order valence-electron chi connectivity index (χ0n) is 16.0. The number of hydrogen-bond donors (Lipinski definition) is 2. The third kappa shape index (κ3) is 4.66. The van der Waals surface area contributed by atoms with Crippen LogP contribution in [0.1, 0.15) is 37.4 Å². The van der Waals surface area contributed by atoms with E-state index in [4.69, 9.17) is 4.99 Å². The van der Waals surface area contributed by atoms with Gasteiger partial charge in [0.2, 0.25) is 0 Å². The molecule has 2 unspecified atom stereocenters. The fourth-order valence-corrected chi connectivity index (χ4v) is 3.53. The highest BCUT2D eigenvalue weighted by molar-refractivity contribution is 5.80. The largest absolute Gasteiger partial charge is 0.392 e. The number of nitrogens with zero attached hydrogens (tertiary/aromatic N) is 4. The Kier molecular flexibility index (Phi) is 6.45. The molecule has 3 rings (SSSR count). The molecular weight excluding hydrogens is 345 g/mol. The molecule has 146 valence electrons. The fraction of sp³-hybridized carbons (Fsp3) is 0.500. The Morgan fingerprint density at radius 1 is 1.44 bits per heavy atom. The number of nitrogens with one attached hydrogen (secondary N) is 1. The lowest BCUT2D eigenvalue weighted by Crippen LogP contribution is -2.49. The number of guanidine groups is 1. The number of aliphatic hydroxyl groups excluding tert-OH is 1. The van der Waals surface area contributed by atoms with Crippen molar-refractivity contribution < 1.29 is 9.50 Å². The molecule has 0 aliphatic carbocycles. The van der Waals surface area contributed by atoms with Gasteiger partial charge in [-0.05, 0) is 37.0 Å². The van der Waals surface area contributed by atoms with Crippen molar-refractivity contribution in [1.82, 2.24) is 19.8 Å². The average Bonchev–Trinajstić information content (AvgIpc) is 3.21. The van der Waals surface area contributed by atoms with Gasteiger partial charge in [0.25, 0.3) is 0 Å². The minimum Gasteiger partial charge on any atom is -0.392 e. The number of benzene rings is 1. The van der Waals surface area contributed by atoms with Crippen molar-refractivity contribution >= 4 is 5.96 Å². The van der Waals surface area contributed by atoms with Crippen LogP contribution in [0.5, 0.6) is 0 Å². The van der Waals surface area contributed by atoms with Crippen molar-refractivity contribution in [2.45, 2.75) is 39.5 Å². The van der Waals surface area contributed by atoms with Gasteiger partial charge in [0.15, 0.2) is 5.96 Å². The van der Waals surface area contributed by atoms with Crippen molar-refractivity contribution in [2.24, 2.45) is 10.9 Å². The molecule has 1 aliphatic rings. The van der Waals surface area contributed by atoms with E-state index in [1.807, 2.05) is 18.7 Å². The quantitative estimate of drug-likeness (QED) is 0.625. The van der Waals surface area contributed by atoms with E-state index < -0.39 is 0 Å². The first-order valence-corrected chi connectivity index (χ1v) is 9.51. The standard InChI is InChI=1S/C20H28FN5O/c1-3-23-20(24-11-16-4-5-18(21)17(10-16)13-27)25-8-6-15(2)19(12-25)26-9-7-22-14-26/h4-5,7,9-10,14-15,19,27H,3,6,8,11-13H2,1-2H3,(H,23,24). The van der Waals surface area contributed by atoms with Crippen molar-refractivity contribution in [1.29, 1.82) is 0 Å². The molecule has 1 aromatic carbocycles. The summed E-state index contributed by atoms with van der Waals surface area (Å²) >= 11 is 0. The van der Waals surface area contributed by atoms with Gasteiger partial charge in [0, 0.05) is 37.6 Å². The number of aliphatic hydroxyl groups is 1. The van der Waals surface area contributed by atoms with Crippen molar-refractivity contribution in [3.05, 3.63) is 53.9 Å². The van der Waals surface area contributed by atoms with Crippen molar-refractivity contribution in [3.8, 4) is 0 Å². The zero-order valence-corrected chi connectivity index (χ0v) is 16.0. The second-order valence-corrected chi connectivity index (χ2v) is 7.04. The van der Waals surface area contributed by atoms with Gasteiger partial charge in [0.1, 0.15) is 5.82 Å². The van der Waals surface area contributed by atoms with E-state index in [2.05, 4.69) is 33.6 Å². The number of aromatic nitrogens is 2. The highest BCUT2D eigenvalue weighted by Crippen LogP contribution is 2.27. The molecule has 6 nitrogen and oxygen atoms in total. The van der Waals surface area contributed by atoms with Gasteiger partial charge >= 0.3 is 0 Å². The minimum absolute atomic E-state index is 0.305. The second-order valence-electron chi connectivity index (χ2n) is 7.04. The Hall–Kier alpha value is -2.41. The lowest BCUT2D eigenvalue weighted by molar-refractivity contribution is 0.189. The topological polar surface area (TPSA) is 65.7 Å². The number of hydrogen-bond acceptors (Lipinski definition) is 3. The summed E-state index contributed by atoms with van der Waals surface area (Å²) < 4.78 is 15.7. The first-order valence-electron chi connectivity index (χ1n) is 9.51. The molecule has 1 saturated heterocycles. The summed E-state index contributed by atoms with van der Waals surface area (Å²) in [4.78, 5) is 11.2. The summed E-state index contributed by atoms with van der Waals surface area (Å²) in [5.74, 6) is 1.05. The molecule has 0 bridgehead atoms. The molecule has 0 saturated carbocycles. The fourth-order valence-electron chi connectivity index (χ4n) is 3.53. The van der Waals surface area contributed by atoms with Gasteiger partial charge in [-0.3, -0.25) is 0 Å². The van der Waals surface area contributed by atoms with Gasteiger partial charge in [-0.2, -0.15) is 0 Å². The highest BCUT2D eigenvalue weighted by atomic mass is 19.1. The van der Waals surface area contributed by atoms with E-state index in [0.29, 0.717) is 24.1 Å². The number of aliphatic imine (C=N–C) groups is 1. The van der Waals surface area contributed by atoms with E-state index in [0.717, 1.165) is 37.6 Å². The highest BCUT2D eigenvalue weighted by Gasteiger charge is 2.28. The maximum atomic E-state index is 13.6. The van der Waals surface area contributed by atoms with Gasteiger partial charge < -0.3 is 19.9 Å². The predicted octanol–water partition coefficient (Wildman–Crippen LogP) is 2.56. The zero-order chi connectivity index (χ0) is 19.2. The Labute approximate surface area is 159 Å². The van der Waals surface area contributed by atoms with Crippen LogP contribution in [0.3, 0.4) is 0 Å². The monoisotopic (exact) mass is 373 g/mol. The van der Waals surface area contributed by atoms with Crippen LogP contribution in [0.4, 0.5) is 4.39 Å². The predicted molar refractivity (Wildman–Crippen MR) is 104 cm³/mol. The normalized spacial score (nSPS) is 20.7. The molecule has 0 spiro atoms. The van der Waals surface area contributed by atoms with Crippen LogP contribution >= 0.6 is 0 Å². The molecule has 2 N–H and O–H groups in total. The number of piperidine rings is 1. The van der Waals surface area contributed by atoms with E-state index in [1.165, 1.54) is 6.07 Å². The summed E-state index contributed by atoms with van der Waals surface area (Å²) in [6.07, 6.45) is 6.80. The minimum atomic E-state index is -0.384. The van der Waals surface area contributed by atoms with Crippen LogP contribution in [-0.4, -0.2) is 45.2 Å². The van der Waals surface area contributed by atoms with Gasteiger partial charge in [0.05, 0.1) is 25.5 Å². The summed E-state index contributed by atoms with van der Waals surface area (Å²) in [6.45, 7) is 7.07. The van der Waals surface area contributed by atoms with Crippen LogP contribution < -0.4 is 5.32 Å². The van der Waals surface area contributed by atoms with Crippen LogP contribution in [0.2, 0.25) is 0 Å². The average molecular weight is 373 g/mol. The van der Waals surface area contributed by atoms with E-state index in [1.54, 1.807) is 12.1 Å². The summed E-state index contributed by atoms with van der Waals surface area (Å²) in [5, 5.41) is 12.6. The lowest BCUT2D eigenvalue weighted by atomic mass is 9.93. The number of halogens is 1. The molecule has 2 atom stereocenters. The smallest absolute Gasteiger partial charge is 0.194 e. The molecule has 7 heteroatoms. The Balaban J connectivity index is 1.75. The van der Waals surface area contributed by atoms with Crippen LogP contribution in [-0.2, 0) is 13.2 Å². The molecule has 1 aromatic heterocycles. The Bertz CT molecular complexity index is 762. The van der Waals surface area contributed by atoms with E-state index in [9.17, 15) is 9.50 Å². The Morgan fingerprint density at radius 2 is 2.30 bits per heavy atom. The van der Waals surface area contributed by atoms with Gasteiger partial charge in [-0.1, -0.05) is 13.0 Å². The van der Waals surface area contributed by atoms with E-state index in [-0.39, 0.29) is 12.4 Å². The molecule has 1 aliphatic heterocycles. The molecule has 0 amide bonds. The summed E-state index contributed by atoms with van der Waals surface area (Å²) in [7, 11) is 0. The second kappa shape index (κ2) is 8.99. The molecule has 1 fully saturated rings. The summed E-state index contributed by atoms with van der Waals surface area (Å²) in [5.41, 5.74) is 1.19. The van der Waals surface area contributed by atoms with Crippen LogP contribution in [0.25, 0.3) is 0 Å². The SMILES string of the molecule is CCNC(=NCc1ccc(F)c(CO)c1)N1CCC(C)C(n2ccnc2)C1. The number of imidazole rings is 1. The molecule has 2 heterocycles. The molecular formula is C20H28FN5O. The lowest BCUT2D eigenvalue weighted by Gasteiger charge is -2.39.